The Bertz CT molecular complexity index is 2630. The van der Waals surface area contributed by atoms with Gasteiger partial charge >= 0.3 is 18.0 Å². The summed E-state index contributed by atoms with van der Waals surface area (Å²) in [6.07, 6.45) is -0.339. The summed E-state index contributed by atoms with van der Waals surface area (Å²) >= 11 is 0. The number of primary amides is 1. The van der Waals surface area contributed by atoms with Gasteiger partial charge in [-0.05, 0) is 44.7 Å². The Balaban J connectivity index is 0.845. The molecule has 5 heterocycles. The SMILES string of the molecule is CO[C@@]12[C@H](COC(N)=O)C3=C(C(=O)C(C)=C(NCCSSCC(NC(=O)CCC(NC(=O)c4ccc(NCc5cnc6nc(N)[nH]c(=O)c6n5)cc4)C(=O)O)C(=O)O)C3=O)N1CC1[C@@H]2N1C. The highest BCUT2D eigenvalue weighted by Gasteiger charge is 2.75. The van der Waals surface area contributed by atoms with E-state index in [-0.39, 0.29) is 95.0 Å². The van der Waals surface area contributed by atoms with Gasteiger partial charge < -0.3 is 57.3 Å². The monoisotopic (exact) mass is 950 g/mol. The average molecular weight is 951 g/mol. The lowest BCUT2D eigenvalue weighted by atomic mass is 9.82. The largest absolute Gasteiger partial charge is 0.480 e. The van der Waals surface area contributed by atoms with Crippen LogP contribution in [0.2, 0.25) is 0 Å². The smallest absolute Gasteiger partial charge is 0.404 e. The number of carbonyl (C=O) groups excluding carboxylic acids is 5. The van der Waals surface area contributed by atoms with Crippen molar-refractivity contribution in [1.82, 2.24) is 45.7 Å². The van der Waals surface area contributed by atoms with Crippen molar-refractivity contribution >= 4 is 85.8 Å². The molecule has 24 nitrogen and oxygen atoms in total. The molecule has 3 amide bonds. The molecule has 26 heteroatoms. The lowest BCUT2D eigenvalue weighted by molar-refractivity contribution is -0.144. The Kier molecular flexibility index (Phi) is 13.9. The van der Waals surface area contributed by atoms with E-state index in [2.05, 4.69) is 46.1 Å². The van der Waals surface area contributed by atoms with Crippen LogP contribution in [0.15, 0.2) is 57.8 Å². The summed E-state index contributed by atoms with van der Waals surface area (Å²) in [7, 11) is 5.81. The molecule has 66 heavy (non-hydrogen) atoms. The maximum absolute atomic E-state index is 14.1. The number of H-pyrrole nitrogens is 1. The number of rotatable bonds is 21. The zero-order chi connectivity index (χ0) is 47.6. The van der Waals surface area contributed by atoms with Gasteiger partial charge in [-0.1, -0.05) is 21.6 Å². The van der Waals surface area contributed by atoms with E-state index < -0.39 is 71.3 Å². The highest BCUT2D eigenvalue weighted by Crippen LogP contribution is 2.59. The molecule has 2 fully saturated rings. The molecule has 3 aliphatic heterocycles. The highest BCUT2D eigenvalue weighted by molar-refractivity contribution is 8.76. The van der Waals surface area contributed by atoms with Crippen molar-refractivity contribution in [3.8, 4) is 0 Å². The second kappa shape index (κ2) is 19.4. The topological polar surface area (TPSA) is 356 Å². The first-order valence-corrected chi connectivity index (χ1v) is 22.9. The van der Waals surface area contributed by atoms with Crippen molar-refractivity contribution in [1.29, 1.82) is 0 Å². The number of aliphatic carboxylic acids is 2. The number of hydrogen-bond donors (Lipinski definition) is 9. The molecule has 2 aromatic heterocycles. The van der Waals surface area contributed by atoms with Gasteiger partial charge in [0.05, 0.1) is 41.8 Å². The maximum atomic E-state index is 14.1. The number of amides is 3. The zero-order valence-corrected chi connectivity index (χ0v) is 37.2. The highest BCUT2D eigenvalue weighted by atomic mass is 33.1. The number of aromatic amines is 1. The molecule has 0 bridgehead atoms. The molecule has 7 atom stereocenters. The molecule has 4 aliphatic rings. The number of nitrogens with two attached hydrogens (primary N) is 2. The number of ketones is 2. The number of carbonyl (C=O) groups is 7. The summed E-state index contributed by atoms with van der Waals surface area (Å²) in [5.74, 6) is -5.55. The van der Waals surface area contributed by atoms with E-state index in [1.54, 1.807) is 19.1 Å². The fraction of sp³-hybridized carbons (Fsp3) is 0.425. The third-order valence-corrected chi connectivity index (χ3v) is 14.2. The van der Waals surface area contributed by atoms with Gasteiger partial charge in [-0.2, -0.15) is 4.98 Å². The molecule has 2 saturated heterocycles. The van der Waals surface area contributed by atoms with E-state index in [4.69, 9.17) is 20.9 Å². The van der Waals surface area contributed by atoms with E-state index in [9.17, 15) is 48.6 Å². The standard InChI is InChI=1S/C40H46N12O12S2/c1-17-27(31(55)26-21(15-64-39(42)62)40(63-3)32-24(51(32)2)14-52(40)29(26)30(17)54)43-10-11-65-66-16-23(37(60)61)47-25(53)9-8-22(36(58)59)48-34(56)18-4-6-19(7-5-18)44-12-20-13-45-33-28(46-20)35(57)50-38(41)49-33/h4-7,13,21-24,32,43-44H,8-12,14-16H2,1-3H3,(H2,42,62)(H,47,53)(H,48,56)(H,58,59)(H,60,61)(H3,41,45,49,50,57)/t21-,22?,23?,24?,32+,40-,51?/m1/s1. The fourth-order valence-electron chi connectivity index (χ4n) is 8.52. The van der Waals surface area contributed by atoms with Crippen molar-refractivity contribution in [3.63, 3.8) is 0 Å². The first-order chi connectivity index (χ1) is 31.5. The number of benzene rings is 1. The fourth-order valence-corrected chi connectivity index (χ4v) is 10.6. The van der Waals surface area contributed by atoms with Gasteiger partial charge in [-0.25, -0.2) is 24.4 Å². The van der Waals surface area contributed by atoms with Crippen LogP contribution in [-0.4, -0.2) is 157 Å². The van der Waals surface area contributed by atoms with Gasteiger partial charge in [0.2, 0.25) is 23.4 Å². The van der Waals surface area contributed by atoms with Crippen molar-refractivity contribution in [2.24, 2.45) is 11.7 Å². The Labute approximate surface area is 382 Å². The van der Waals surface area contributed by atoms with Crippen LogP contribution < -0.4 is 38.3 Å². The molecule has 1 aliphatic carbocycles. The minimum absolute atomic E-state index is 0.0163. The summed E-state index contributed by atoms with van der Waals surface area (Å²) in [4.78, 5) is 120. The summed E-state index contributed by atoms with van der Waals surface area (Å²) < 4.78 is 11.3. The van der Waals surface area contributed by atoms with Crippen LogP contribution >= 0.6 is 21.6 Å². The van der Waals surface area contributed by atoms with Crippen LogP contribution in [0.3, 0.4) is 0 Å². The lowest BCUT2D eigenvalue weighted by Crippen LogP contribution is -2.55. The van der Waals surface area contributed by atoms with Gasteiger partial charge in [0.25, 0.3) is 11.5 Å². The van der Waals surface area contributed by atoms with Gasteiger partial charge in [0.1, 0.15) is 18.7 Å². The van der Waals surface area contributed by atoms with Crippen molar-refractivity contribution in [3.05, 3.63) is 74.6 Å². The number of hydrogen-bond acceptors (Lipinski definition) is 20. The van der Waals surface area contributed by atoms with E-state index in [0.717, 1.165) is 10.8 Å². The number of carboxylic acid groups (broad SMARTS) is 2. The number of aromatic nitrogens is 4. The number of piperazine rings is 1. The Morgan fingerprint density at radius 2 is 1.74 bits per heavy atom. The summed E-state index contributed by atoms with van der Waals surface area (Å²) in [5, 5.41) is 30.5. The number of fused-ring (bicyclic) bond motifs is 5. The zero-order valence-electron chi connectivity index (χ0n) is 35.6. The number of nitrogens with one attached hydrogen (secondary N) is 5. The van der Waals surface area contributed by atoms with Crippen LogP contribution in [0.1, 0.15) is 35.8 Å². The van der Waals surface area contributed by atoms with Crippen molar-refractivity contribution in [2.75, 3.05) is 56.4 Å². The quantitative estimate of drug-likeness (QED) is 0.0272. The molecule has 350 valence electrons. The van der Waals surface area contributed by atoms with Crippen LogP contribution in [-0.2, 0) is 40.0 Å². The van der Waals surface area contributed by atoms with Gasteiger partial charge in [-0.3, -0.25) is 33.9 Å². The molecular formula is C40H46N12O12S2. The number of allylic oxidation sites excluding steroid dienone is 2. The lowest BCUT2D eigenvalue weighted by Gasteiger charge is -2.40. The molecule has 0 saturated carbocycles. The van der Waals surface area contributed by atoms with Crippen molar-refractivity contribution in [2.45, 2.75) is 56.2 Å². The number of anilines is 2. The van der Waals surface area contributed by atoms with E-state index in [1.165, 1.54) is 36.2 Å². The first-order valence-electron chi connectivity index (χ1n) is 20.4. The van der Waals surface area contributed by atoms with E-state index >= 15 is 0 Å². The number of nitrogen functional groups attached to an aromatic ring is 1. The molecule has 4 unspecified atom stereocenters. The second-order valence-corrected chi connectivity index (χ2v) is 18.3. The minimum atomic E-state index is -1.47. The predicted molar refractivity (Wildman–Crippen MR) is 237 cm³/mol. The van der Waals surface area contributed by atoms with Crippen LogP contribution in [0.4, 0.5) is 16.4 Å². The summed E-state index contributed by atoms with van der Waals surface area (Å²) in [6.45, 7) is 2.11. The molecule has 3 aromatic rings. The normalized spacial score (nSPS) is 22.6. The maximum Gasteiger partial charge on any atom is 0.404 e. The van der Waals surface area contributed by atoms with E-state index in [0.29, 0.717) is 23.7 Å². The number of nitrogens with zero attached hydrogens (tertiary/aromatic N) is 5. The Hall–Kier alpha value is -6.77. The van der Waals surface area contributed by atoms with Gasteiger partial charge in [-0.15, -0.1) is 0 Å². The predicted octanol–water partition coefficient (Wildman–Crippen LogP) is -0.843. The van der Waals surface area contributed by atoms with Crippen LogP contribution in [0.5, 0.6) is 0 Å². The average Bonchev–Trinajstić information content (AvgIpc) is 3.63. The molecular weight excluding hydrogens is 905 g/mol. The Morgan fingerprint density at radius 3 is 2.42 bits per heavy atom. The molecule has 0 radical (unpaired) electrons. The second-order valence-electron chi connectivity index (χ2n) is 15.7. The minimum Gasteiger partial charge on any atom is -0.480 e. The third kappa shape index (κ3) is 9.33. The molecule has 11 N–H and O–H groups in total. The molecule has 0 spiro atoms. The molecule has 1 aromatic carbocycles. The number of carboxylic acids is 2. The summed E-state index contributed by atoms with van der Waals surface area (Å²) in [6, 6.07) is 3.21. The van der Waals surface area contributed by atoms with Crippen molar-refractivity contribution < 1.29 is 53.2 Å². The number of likely N-dealkylation sites (N-methyl/N-ethyl adjacent to an activating group) is 1. The number of ether oxygens (including phenoxy) is 2. The Morgan fingerprint density at radius 1 is 1.02 bits per heavy atom. The number of Topliss-reactive ketones (excluding diaryl/α,β-unsaturated/α-hetero) is 2. The van der Waals surface area contributed by atoms with E-state index in [1.807, 2.05) is 11.9 Å². The van der Waals surface area contributed by atoms with Gasteiger partial charge in [0.15, 0.2) is 16.9 Å². The third-order valence-electron chi connectivity index (χ3n) is 11.8. The first kappa shape index (κ1) is 47.2. The van der Waals surface area contributed by atoms with Crippen LogP contribution in [0, 0.1) is 5.92 Å². The number of methoxy groups -OCH3 is 1. The molecule has 7 rings (SSSR count). The van der Waals surface area contributed by atoms with Gasteiger partial charge in [0, 0.05) is 66.6 Å². The van der Waals surface area contributed by atoms with Crippen LogP contribution in [0.25, 0.3) is 11.2 Å². The summed E-state index contributed by atoms with van der Waals surface area (Å²) in [5.41, 5.74) is 11.1.